The van der Waals surface area contributed by atoms with Gasteiger partial charge in [-0.05, 0) is 24.6 Å². The number of halogens is 5. The Morgan fingerprint density at radius 3 is 2.67 bits per heavy atom. The fourth-order valence-electron chi connectivity index (χ4n) is 1.52. The zero-order chi connectivity index (χ0) is 15.9. The second-order valence-electron chi connectivity index (χ2n) is 4.10. The summed E-state index contributed by atoms with van der Waals surface area (Å²) in [5.41, 5.74) is -0.909. The summed E-state index contributed by atoms with van der Waals surface area (Å²) >= 11 is 8.24. The highest BCUT2D eigenvalue weighted by Crippen LogP contribution is 2.35. The highest BCUT2D eigenvalue weighted by atomic mass is 79.9. The van der Waals surface area contributed by atoms with E-state index in [1.165, 1.54) is 12.1 Å². The number of nitrogens with one attached hydrogen (secondary N) is 1. The number of alkyl halides is 4. The van der Waals surface area contributed by atoms with Crippen LogP contribution in [0.2, 0.25) is 0 Å². The lowest BCUT2D eigenvalue weighted by Crippen LogP contribution is -2.25. The van der Waals surface area contributed by atoms with Gasteiger partial charge in [0.15, 0.2) is 0 Å². The van der Waals surface area contributed by atoms with E-state index in [9.17, 15) is 18.0 Å². The largest absolute Gasteiger partial charge is 0.417 e. The maximum atomic E-state index is 12.7. The summed E-state index contributed by atoms with van der Waals surface area (Å²) in [6.07, 6.45) is -3.95. The van der Waals surface area contributed by atoms with Crippen molar-refractivity contribution >= 4 is 33.4 Å². The molecule has 1 N–H and O–H groups in total. The van der Waals surface area contributed by atoms with E-state index in [-0.39, 0.29) is 10.0 Å². The highest BCUT2D eigenvalue weighted by molar-refractivity contribution is 9.10. The summed E-state index contributed by atoms with van der Waals surface area (Å²) in [5.74, 6) is -0.156. The molecule has 0 spiro atoms. The van der Waals surface area contributed by atoms with E-state index in [1.807, 2.05) is 0 Å². The van der Waals surface area contributed by atoms with Gasteiger partial charge in [0.1, 0.15) is 0 Å². The molecule has 1 amide bonds. The number of rotatable bonds is 7. The average Bonchev–Trinajstić information content (AvgIpc) is 2.41. The van der Waals surface area contributed by atoms with Crippen molar-refractivity contribution < 1.29 is 22.7 Å². The predicted molar refractivity (Wildman–Crippen MR) is 77.6 cm³/mol. The molecule has 1 aromatic rings. The molecule has 0 bridgehead atoms. The van der Waals surface area contributed by atoms with E-state index in [0.717, 1.165) is 6.07 Å². The number of carbonyl (C=O) groups is 1. The van der Waals surface area contributed by atoms with Gasteiger partial charge in [-0.3, -0.25) is 4.79 Å². The second-order valence-corrected chi connectivity index (χ2v) is 5.34. The van der Waals surface area contributed by atoms with Crippen molar-refractivity contribution in [1.29, 1.82) is 0 Å². The van der Waals surface area contributed by atoms with Crippen LogP contribution in [-0.4, -0.2) is 31.5 Å². The molecule has 0 heterocycles. The first kappa shape index (κ1) is 18.3. The predicted octanol–water partition coefficient (Wildman–Crippen LogP) is 3.84. The van der Waals surface area contributed by atoms with Crippen molar-refractivity contribution in [3.63, 3.8) is 0 Å². The average molecular weight is 389 g/mol. The lowest BCUT2D eigenvalue weighted by Gasteiger charge is -2.11. The van der Waals surface area contributed by atoms with Gasteiger partial charge in [-0.25, -0.2) is 0 Å². The molecule has 0 aliphatic rings. The van der Waals surface area contributed by atoms with Crippen molar-refractivity contribution in [2.45, 2.75) is 12.6 Å². The number of hydrogen-bond donors (Lipinski definition) is 1. The first-order valence-corrected chi connectivity index (χ1v) is 7.47. The van der Waals surface area contributed by atoms with Crippen molar-refractivity contribution in [2.24, 2.45) is 0 Å². The molecular formula is C13H14BrClF3NO2. The van der Waals surface area contributed by atoms with Gasteiger partial charge in [-0.2, -0.15) is 13.2 Å². The molecule has 0 atom stereocenters. The molecule has 8 heteroatoms. The van der Waals surface area contributed by atoms with Crippen LogP contribution in [0.5, 0.6) is 0 Å². The summed E-state index contributed by atoms with van der Waals surface area (Å²) in [7, 11) is 0. The standard InChI is InChI=1S/C13H14BrClF3NO2/c14-11-3-2-9(8-10(11)13(16,17)18)12(20)19-5-1-6-21-7-4-15/h2-3,8H,1,4-7H2,(H,19,20). The number of hydrogen-bond acceptors (Lipinski definition) is 2. The SMILES string of the molecule is O=C(NCCCOCCCl)c1ccc(Br)c(C(F)(F)F)c1. The van der Waals surface area contributed by atoms with Gasteiger partial charge in [0.05, 0.1) is 12.2 Å². The van der Waals surface area contributed by atoms with Crippen molar-refractivity contribution in [2.75, 3.05) is 25.6 Å². The Kier molecular flexibility index (Phi) is 7.48. The minimum absolute atomic E-state index is 0.0350. The van der Waals surface area contributed by atoms with Crippen molar-refractivity contribution in [1.82, 2.24) is 5.32 Å². The van der Waals surface area contributed by atoms with Gasteiger partial charge < -0.3 is 10.1 Å². The summed E-state index contributed by atoms with van der Waals surface area (Å²) in [6.45, 7) is 1.18. The third-order valence-corrected chi connectivity index (χ3v) is 3.35. The molecule has 0 radical (unpaired) electrons. The summed E-state index contributed by atoms with van der Waals surface area (Å²) < 4.78 is 43.2. The fourth-order valence-corrected chi connectivity index (χ4v) is 2.10. The molecular weight excluding hydrogens is 374 g/mol. The Morgan fingerprint density at radius 2 is 2.05 bits per heavy atom. The van der Waals surface area contributed by atoms with Crippen LogP contribution in [0.3, 0.4) is 0 Å². The first-order valence-electron chi connectivity index (χ1n) is 6.15. The maximum absolute atomic E-state index is 12.7. The lowest BCUT2D eigenvalue weighted by molar-refractivity contribution is -0.138. The van der Waals surface area contributed by atoms with Crippen LogP contribution in [0, 0.1) is 0 Å². The molecule has 0 unspecified atom stereocenters. The Labute approximate surface area is 133 Å². The summed E-state index contributed by atoms with van der Waals surface area (Å²) in [5, 5.41) is 2.54. The number of amides is 1. The summed E-state index contributed by atoms with van der Waals surface area (Å²) in [6, 6.07) is 3.36. The molecule has 118 valence electrons. The molecule has 0 aliphatic carbocycles. The van der Waals surface area contributed by atoms with Crippen molar-refractivity contribution in [3.8, 4) is 0 Å². The van der Waals surface area contributed by atoms with E-state index < -0.39 is 17.6 Å². The van der Waals surface area contributed by atoms with E-state index in [2.05, 4.69) is 21.2 Å². The normalized spacial score (nSPS) is 11.5. The van der Waals surface area contributed by atoms with E-state index in [0.29, 0.717) is 32.1 Å². The molecule has 1 aromatic carbocycles. The Balaban J connectivity index is 2.55. The van der Waals surface area contributed by atoms with Crippen LogP contribution in [0.15, 0.2) is 22.7 Å². The zero-order valence-corrected chi connectivity index (χ0v) is 13.3. The van der Waals surface area contributed by atoms with Gasteiger partial charge in [0.25, 0.3) is 5.91 Å². The molecule has 3 nitrogen and oxygen atoms in total. The van der Waals surface area contributed by atoms with E-state index in [1.54, 1.807) is 0 Å². The Hall–Kier alpha value is -0.790. The smallest absolute Gasteiger partial charge is 0.380 e. The molecule has 0 saturated carbocycles. The van der Waals surface area contributed by atoms with E-state index in [4.69, 9.17) is 16.3 Å². The van der Waals surface area contributed by atoms with Gasteiger partial charge in [-0.15, -0.1) is 11.6 Å². The zero-order valence-electron chi connectivity index (χ0n) is 11.0. The van der Waals surface area contributed by atoms with Crippen LogP contribution in [0.1, 0.15) is 22.3 Å². The molecule has 0 aliphatic heterocycles. The van der Waals surface area contributed by atoms with Crippen LogP contribution >= 0.6 is 27.5 Å². The van der Waals surface area contributed by atoms with Gasteiger partial charge in [0, 0.05) is 29.1 Å². The molecule has 0 aromatic heterocycles. The van der Waals surface area contributed by atoms with Gasteiger partial charge in [-0.1, -0.05) is 15.9 Å². The third-order valence-electron chi connectivity index (χ3n) is 2.51. The number of benzene rings is 1. The van der Waals surface area contributed by atoms with Gasteiger partial charge >= 0.3 is 6.18 Å². The number of ether oxygens (including phenoxy) is 1. The summed E-state index contributed by atoms with van der Waals surface area (Å²) in [4.78, 5) is 11.8. The van der Waals surface area contributed by atoms with Crippen LogP contribution < -0.4 is 5.32 Å². The topological polar surface area (TPSA) is 38.3 Å². The molecule has 21 heavy (non-hydrogen) atoms. The molecule has 1 rings (SSSR count). The third kappa shape index (κ3) is 6.23. The fraction of sp³-hybridized carbons (Fsp3) is 0.462. The quantitative estimate of drug-likeness (QED) is 0.569. The highest BCUT2D eigenvalue weighted by Gasteiger charge is 2.33. The molecule has 0 saturated heterocycles. The Bertz CT molecular complexity index is 483. The monoisotopic (exact) mass is 387 g/mol. The number of carbonyl (C=O) groups excluding carboxylic acids is 1. The van der Waals surface area contributed by atoms with Crippen LogP contribution in [-0.2, 0) is 10.9 Å². The van der Waals surface area contributed by atoms with Crippen LogP contribution in [0.4, 0.5) is 13.2 Å². The Morgan fingerprint density at radius 1 is 1.33 bits per heavy atom. The first-order chi connectivity index (χ1) is 9.86. The minimum atomic E-state index is -4.51. The lowest BCUT2D eigenvalue weighted by atomic mass is 10.1. The van der Waals surface area contributed by atoms with Crippen molar-refractivity contribution in [3.05, 3.63) is 33.8 Å². The van der Waals surface area contributed by atoms with E-state index >= 15 is 0 Å². The van der Waals surface area contributed by atoms with Gasteiger partial charge in [0.2, 0.25) is 0 Å². The second kappa shape index (κ2) is 8.60. The molecule has 0 fully saturated rings. The minimum Gasteiger partial charge on any atom is -0.380 e. The van der Waals surface area contributed by atoms with Crippen LogP contribution in [0.25, 0.3) is 0 Å². The maximum Gasteiger partial charge on any atom is 0.417 e.